The van der Waals surface area contributed by atoms with Gasteiger partial charge in [-0.2, -0.15) is 4.72 Å². The van der Waals surface area contributed by atoms with Gasteiger partial charge in [0.15, 0.2) is 0 Å². The maximum atomic E-state index is 13.5. The summed E-state index contributed by atoms with van der Waals surface area (Å²) < 4.78 is 32.3. The summed E-state index contributed by atoms with van der Waals surface area (Å²) in [4.78, 5) is 0.270. The summed E-state index contributed by atoms with van der Waals surface area (Å²) in [7, 11) is -3.74. The number of nitrogens with zero attached hydrogens (tertiary/aromatic N) is 1. The van der Waals surface area contributed by atoms with Crippen LogP contribution in [0.5, 0.6) is 0 Å². The van der Waals surface area contributed by atoms with Crippen LogP contribution in [0.4, 0.5) is 0 Å². The van der Waals surface area contributed by atoms with Gasteiger partial charge in [-0.05, 0) is 48.2 Å². The van der Waals surface area contributed by atoms with Crippen LogP contribution in [-0.4, -0.2) is 13.0 Å². The molecule has 1 heterocycles. The molecule has 0 saturated carbocycles. The van der Waals surface area contributed by atoms with E-state index in [4.69, 9.17) is 0 Å². The molecule has 1 aliphatic carbocycles. The Morgan fingerprint density at radius 1 is 0.853 bits per heavy atom. The SMILES string of the molecule is Cc1ccc(S(=O)(=O)NC(c2ccccc2)c2cc3c(n2Cc2ccccc2)CC=CC3)cc1. The number of hydrogen-bond donors (Lipinski definition) is 1. The number of hydrogen-bond acceptors (Lipinski definition) is 2. The lowest BCUT2D eigenvalue weighted by atomic mass is 10.0. The molecule has 0 spiro atoms. The van der Waals surface area contributed by atoms with E-state index in [9.17, 15) is 8.42 Å². The summed E-state index contributed by atoms with van der Waals surface area (Å²) in [6.45, 7) is 2.64. The van der Waals surface area contributed by atoms with Gasteiger partial charge in [0.05, 0.1) is 10.9 Å². The van der Waals surface area contributed by atoms with E-state index < -0.39 is 16.1 Å². The third-order valence-corrected chi connectivity index (χ3v) is 7.80. The average Bonchev–Trinajstić information content (AvgIpc) is 3.22. The fourth-order valence-corrected chi connectivity index (χ4v) is 5.77. The second kappa shape index (κ2) is 9.45. The number of sulfonamides is 1. The Labute approximate surface area is 201 Å². The first-order valence-corrected chi connectivity index (χ1v) is 13.0. The highest BCUT2D eigenvalue weighted by Crippen LogP contribution is 2.32. The summed E-state index contributed by atoms with van der Waals surface area (Å²) >= 11 is 0. The Kier molecular flexibility index (Phi) is 6.22. The van der Waals surface area contributed by atoms with Gasteiger partial charge >= 0.3 is 0 Å². The molecular formula is C29H28N2O2S. The molecule has 0 bridgehead atoms. The monoisotopic (exact) mass is 468 g/mol. The summed E-state index contributed by atoms with van der Waals surface area (Å²) in [6.07, 6.45) is 6.08. The van der Waals surface area contributed by atoms with Crippen LogP contribution in [0.1, 0.15) is 39.7 Å². The molecule has 0 amide bonds. The molecule has 1 aliphatic rings. The highest BCUT2D eigenvalue weighted by molar-refractivity contribution is 7.89. The van der Waals surface area contributed by atoms with Crippen molar-refractivity contribution in [1.82, 2.24) is 9.29 Å². The minimum atomic E-state index is -3.74. The molecule has 1 unspecified atom stereocenters. The number of aromatic nitrogens is 1. The smallest absolute Gasteiger partial charge is 0.241 e. The van der Waals surface area contributed by atoms with Crippen LogP contribution in [0.25, 0.3) is 0 Å². The van der Waals surface area contributed by atoms with Crippen LogP contribution in [0, 0.1) is 6.92 Å². The van der Waals surface area contributed by atoms with Crippen LogP contribution in [0.3, 0.4) is 0 Å². The van der Waals surface area contributed by atoms with Crippen molar-refractivity contribution in [3.8, 4) is 0 Å². The van der Waals surface area contributed by atoms with Gasteiger partial charge in [-0.25, -0.2) is 8.42 Å². The summed E-state index contributed by atoms with van der Waals surface area (Å²) in [5.74, 6) is 0. The van der Waals surface area contributed by atoms with Crippen molar-refractivity contribution in [3.05, 3.63) is 137 Å². The maximum absolute atomic E-state index is 13.5. The first kappa shape index (κ1) is 22.4. The van der Waals surface area contributed by atoms with E-state index in [1.807, 2.05) is 67.6 Å². The highest BCUT2D eigenvalue weighted by Gasteiger charge is 2.28. The molecule has 1 aromatic heterocycles. The fourth-order valence-electron chi connectivity index (χ4n) is 4.57. The Hall–Kier alpha value is -3.41. The molecule has 3 aromatic carbocycles. The summed E-state index contributed by atoms with van der Waals surface area (Å²) in [5, 5.41) is 0. The zero-order chi connectivity index (χ0) is 23.5. The van der Waals surface area contributed by atoms with Crippen LogP contribution in [0.15, 0.2) is 108 Å². The number of nitrogens with one attached hydrogen (secondary N) is 1. The van der Waals surface area contributed by atoms with E-state index in [2.05, 4.69) is 39.6 Å². The molecule has 0 radical (unpaired) electrons. The van der Waals surface area contributed by atoms with Crippen molar-refractivity contribution in [2.24, 2.45) is 0 Å². The summed E-state index contributed by atoms with van der Waals surface area (Å²) in [6, 6.07) is 28.8. The lowest BCUT2D eigenvalue weighted by Gasteiger charge is -2.23. The van der Waals surface area contributed by atoms with Gasteiger partial charge in [0.2, 0.25) is 10.0 Å². The van der Waals surface area contributed by atoms with Gasteiger partial charge in [-0.1, -0.05) is 90.5 Å². The second-order valence-electron chi connectivity index (χ2n) is 8.77. The van der Waals surface area contributed by atoms with Crippen molar-refractivity contribution in [1.29, 1.82) is 0 Å². The molecule has 1 N–H and O–H groups in total. The standard InChI is InChI=1S/C29H28N2O2S/c1-22-16-18-26(19-17-22)34(32,33)30-29(24-12-6-3-7-13-24)28-20-25-14-8-9-15-27(25)31(28)21-23-10-4-2-5-11-23/h2-13,16-20,29-30H,14-15,21H2,1H3. The van der Waals surface area contributed by atoms with E-state index in [1.165, 1.54) is 16.8 Å². The average molecular weight is 469 g/mol. The molecule has 5 heteroatoms. The number of fused-ring (bicyclic) bond motifs is 1. The molecule has 0 aliphatic heterocycles. The zero-order valence-corrected chi connectivity index (χ0v) is 20.0. The molecule has 4 nitrogen and oxygen atoms in total. The van der Waals surface area contributed by atoms with Crippen molar-refractivity contribution < 1.29 is 8.42 Å². The predicted molar refractivity (Wildman–Crippen MR) is 136 cm³/mol. The number of rotatable bonds is 7. The third kappa shape index (κ3) is 4.63. The Morgan fingerprint density at radius 2 is 1.50 bits per heavy atom. The minimum absolute atomic E-state index is 0.270. The topological polar surface area (TPSA) is 51.1 Å². The van der Waals surface area contributed by atoms with Crippen molar-refractivity contribution in [2.75, 3.05) is 0 Å². The quantitative estimate of drug-likeness (QED) is 0.361. The molecule has 5 rings (SSSR count). The molecule has 0 fully saturated rings. The van der Waals surface area contributed by atoms with E-state index >= 15 is 0 Å². The Morgan fingerprint density at radius 3 is 2.21 bits per heavy atom. The van der Waals surface area contributed by atoms with Gasteiger partial charge in [0.25, 0.3) is 0 Å². The Bertz CT molecular complexity index is 1400. The second-order valence-corrected chi connectivity index (χ2v) is 10.5. The van der Waals surface area contributed by atoms with Gasteiger partial charge in [0.1, 0.15) is 0 Å². The minimum Gasteiger partial charge on any atom is -0.342 e. The lowest BCUT2D eigenvalue weighted by molar-refractivity contribution is 0.562. The van der Waals surface area contributed by atoms with Gasteiger partial charge in [-0.15, -0.1) is 0 Å². The molecular weight excluding hydrogens is 440 g/mol. The van der Waals surface area contributed by atoms with Crippen molar-refractivity contribution >= 4 is 10.0 Å². The number of aryl methyl sites for hydroxylation is 1. The lowest BCUT2D eigenvalue weighted by Crippen LogP contribution is -2.31. The van der Waals surface area contributed by atoms with E-state index in [0.717, 1.165) is 29.7 Å². The van der Waals surface area contributed by atoms with Gasteiger partial charge in [0, 0.05) is 24.4 Å². The molecule has 172 valence electrons. The Balaban J connectivity index is 1.62. The van der Waals surface area contributed by atoms with Crippen LogP contribution < -0.4 is 4.72 Å². The summed E-state index contributed by atoms with van der Waals surface area (Å²) in [5.41, 5.74) is 6.58. The van der Waals surface area contributed by atoms with E-state index in [-0.39, 0.29) is 4.90 Å². The van der Waals surface area contributed by atoms with Gasteiger partial charge < -0.3 is 4.57 Å². The molecule has 0 saturated heterocycles. The first-order valence-electron chi connectivity index (χ1n) is 11.6. The maximum Gasteiger partial charge on any atom is 0.241 e. The largest absolute Gasteiger partial charge is 0.342 e. The van der Waals surface area contributed by atoms with Crippen molar-refractivity contribution in [2.45, 2.75) is 37.2 Å². The highest BCUT2D eigenvalue weighted by atomic mass is 32.2. The van der Waals surface area contributed by atoms with Crippen LogP contribution >= 0.6 is 0 Å². The fraction of sp³-hybridized carbons (Fsp3) is 0.172. The normalized spacial score (nSPS) is 14.0. The molecule has 34 heavy (non-hydrogen) atoms. The first-order chi connectivity index (χ1) is 16.5. The third-order valence-electron chi connectivity index (χ3n) is 6.36. The predicted octanol–water partition coefficient (Wildman–Crippen LogP) is 5.57. The zero-order valence-electron chi connectivity index (χ0n) is 19.2. The van der Waals surface area contributed by atoms with E-state index in [0.29, 0.717) is 6.54 Å². The van der Waals surface area contributed by atoms with Crippen molar-refractivity contribution in [3.63, 3.8) is 0 Å². The number of allylic oxidation sites excluding steroid dienone is 2. The van der Waals surface area contributed by atoms with Crippen LogP contribution in [-0.2, 0) is 29.4 Å². The van der Waals surface area contributed by atoms with E-state index in [1.54, 1.807) is 12.1 Å². The molecule has 1 atom stereocenters. The van der Waals surface area contributed by atoms with Crippen LogP contribution in [0.2, 0.25) is 0 Å². The molecule has 4 aromatic rings. The number of benzene rings is 3. The van der Waals surface area contributed by atoms with Gasteiger partial charge in [-0.3, -0.25) is 0 Å².